The van der Waals surface area contributed by atoms with E-state index in [0.717, 1.165) is 23.7 Å². The number of ether oxygens (including phenoxy) is 1. The van der Waals surface area contributed by atoms with Crippen molar-refractivity contribution in [2.24, 2.45) is 10.9 Å². The number of benzene rings is 1. The molecule has 1 atom stereocenters. The molecule has 2 aliphatic rings. The van der Waals surface area contributed by atoms with Crippen LogP contribution in [0.25, 0.3) is 0 Å². The van der Waals surface area contributed by atoms with Gasteiger partial charge in [0.25, 0.3) is 0 Å². The van der Waals surface area contributed by atoms with Crippen molar-refractivity contribution in [3.05, 3.63) is 24.3 Å². The third-order valence-electron chi connectivity index (χ3n) is 3.83. The third kappa shape index (κ3) is 3.90. The van der Waals surface area contributed by atoms with Gasteiger partial charge in [0.2, 0.25) is 11.8 Å². The van der Waals surface area contributed by atoms with Crippen molar-refractivity contribution in [2.75, 3.05) is 23.7 Å². The van der Waals surface area contributed by atoms with Gasteiger partial charge in [-0.3, -0.25) is 14.6 Å². The van der Waals surface area contributed by atoms with Gasteiger partial charge in [-0.25, -0.2) is 0 Å². The molecule has 2 amide bonds. The standard InChI is InChI=1S/C17H21N3O3S/c1-11(2)23-14-5-3-13(4-6-14)20-10-12(9-15(20)21)16(22)19-17-18-7-8-24-17/h3-6,11-12H,7-10H2,1-2H3,(H,18,19,22)/t12-/m0/s1. The normalized spacial score (nSPS) is 20.5. The smallest absolute Gasteiger partial charge is 0.231 e. The van der Waals surface area contributed by atoms with Crippen LogP contribution in [0.2, 0.25) is 0 Å². The fourth-order valence-electron chi connectivity index (χ4n) is 2.73. The summed E-state index contributed by atoms with van der Waals surface area (Å²) in [7, 11) is 0. The van der Waals surface area contributed by atoms with E-state index in [0.29, 0.717) is 11.7 Å². The van der Waals surface area contributed by atoms with Crippen LogP contribution in [0.3, 0.4) is 0 Å². The highest BCUT2D eigenvalue weighted by Gasteiger charge is 2.35. The van der Waals surface area contributed by atoms with Crippen molar-refractivity contribution in [1.29, 1.82) is 0 Å². The number of rotatable bonds is 4. The Hall–Kier alpha value is -2.02. The zero-order chi connectivity index (χ0) is 17.1. The van der Waals surface area contributed by atoms with E-state index in [1.165, 1.54) is 11.8 Å². The number of hydrogen-bond donors (Lipinski definition) is 1. The highest BCUT2D eigenvalue weighted by atomic mass is 32.2. The number of aliphatic imine (C=N–C) groups is 1. The molecule has 1 saturated heterocycles. The molecule has 6 nitrogen and oxygen atoms in total. The molecule has 7 heteroatoms. The summed E-state index contributed by atoms with van der Waals surface area (Å²) in [5, 5.41) is 3.49. The predicted molar refractivity (Wildman–Crippen MR) is 95.6 cm³/mol. The highest BCUT2D eigenvalue weighted by Crippen LogP contribution is 2.27. The fraction of sp³-hybridized carbons (Fsp3) is 0.471. The largest absolute Gasteiger partial charge is 0.491 e. The number of carbonyl (C=O) groups is 2. The molecule has 128 valence electrons. The summed E-state index contributed by atoms with van der Waals surface area (Å²) >= 11 is 1.54. The summed E-state index contributed by atoms with van der Waals surface area (Å²) in [6, 6.07) is 7.40. The molecule has 0 saturated carbocycles. The minimum atomic E-state index is -0.340. The molecule has 3 rings (SSSR count). The van der Waals surface area contributed by atoms with Gasteiger partial charge in [0, 0.05) is 24.4 Å². The second kappa shape index (κ2) is 7.25. The van der Waals surface area contributed by atoms with E-state index in [1.54, 1.807) is 4.90 Å². The summed E-state index contributed by atoms with van der Waals surface area (Å²) < 4.78 is 5.61. The van der Waals surface area contributed by atoms with Crippen LogP contribution in [0.4, 0.5) is 5.69 Å². The van der Waals surface area contributed by atoms with Crippen LogP contribution in [0.1, 0.15) is 20.3 Å². The number of anilines is 1. The molecule has 1 N–H and O–H groups in total. The van der Waals surface area contributed by atoms with E-state index in [1.807, 2.05) is 38.1 Å². The minimum Gasteiger partial charge on any atom is -0.491 e. The Morgan fingerprint density at radius 2 is 2.12 bits per heavy atom. The summed E-state index contributed by atoms with van der Waals surface area (Å²) in [5.41, 5.74) is 0.791. The molecule has 0 unspecified atom stereocenters. The van der Waals surface area contributed by atoms with Crippen LogP contribution in [0.5, 0.6) is 5.75 Å². The minimum absolute atomic E-state index is 0.0336. The van der Waals surface area contributed by atoms with Crippen LogP contribution < -0.4 is 15.0 Å². The van der Waals surface area contributed by atoms with Gasteiger partial charge in [-0.05, 0) is 38.1 Å². The monoisotopic (exact) mass is 347 g/mol. The van der Waals surface area contributed by atoms with Crippen LogP contribution in [0, 0.1) is 5.92 Å². The molecule has 0 radical (unpaired) electrons. The lowest BCUT2D eigenvalue weighted by molar-refractivity contribution is -0.125. The molecule has 1 fully saturated rings. The molecule has 0 spiro atoms. The number of amidine groups is 1. The second-order valence-electron chi connectivity index (χ2n) is 6.09. The van der Waals surface area contributed by atoms with E-state index >= 15 is 0 Å². The number of thioether (sulfide) groups is 1. The Morgan fingerprint density at radius 1 is 1.38 bits per heavy atom. The molecule has 1 aromatic carbocycles. The molecule has 24 heavy (non-hydrogen) atoms. The molecule has 0 aliphatic carbocycles. The van der Waals surface area contributed by atoms with Crippen LogP contribution in [0.15, 0.2) is 29.3 Å². The van der Waals surface area contributed by atoms with E-state index in [9.17, 15) is 9.59 Å². The Bertz CT molecular complexity index is 658. The Kier molecular flexibility index (Phi) is 5.08. The molecular weight excluding hydrogens is 326 g/mol. The number of nitrogens with zero attached hydrogens (tertiary/aromatic N) is 2. The van der Waals surface area contributed by atoms with Crippen LogP contribution in [-0.2, 0) is 9.59 Å². The van der Waals surface area contributed by atoms with Crippen LogP contribution in [-0.4, -0.2) is 41.9 Å². The Labute approximate surface area is 145 Å². The van der Waals surface area contributed by atoms with E-state index in [2.05, 4.69) is 10.3 Å². The lowest BCUT2D eigenvalue weighted by atomic mass is 10.1. The zero-order valence-electron chi connectivity index (χ0n) is 13.8. The van der Waals surface area contributed by atoms with Gasteiger partial charge in [-0.15, -0.1) is 0 Å². The molecule has 2 aliphatic heterocycles. The maximum atomic E-state index is 12.3. The van der Waals surface area contributed by atoms with Crippen molar-refractivity contribution in [2.45, 2.75) is 26.4 Å². The van der Waals surface area contributed by atoms with Crippen molar-refractivity contribution in [3.8, 4) is 5.75 Å². The number of hydrogen-bond acceptors (Lipinski definition) is 5. The maximum Gasteiger partial charge on any atom is 0.231 e. The predicted octanol–water partition coefficient (Wildman–Crippen LogP) is 2.05. The van der Waals surface area contributed by atoms with Gasteiger partial charge in [0.15, 0.2) is 5.17 Å². The van der Waals surface area contributed by atoms with Gasteiger partial charge in [-0.2, -0.15) is 0 Å². The molecule has 0 bridgehead atoms. The number of carbonyl (C=O) groups excluding carboxylic acids is 2. The van der Waals surface area contributed by atoms with E-state index in [4.69, 9.17) is 4.74 Å². The van der Waals surface area contributed by atoms with Gasteiger partial charge in [0.05, 0.1) is 18.6 Å². The first-order valence-corrected chi connectivity index (χ1v) is 9.06. The van der Waals surface area contributed by atoms with Crippen molar-refractivity contribution >= 4 is 34.4 Å². The lowest BCUT2D eigenvalue weighted by Crippen LogP contribution is -2.35. The molecule has 2 heterocycles. The maximum absolute atomic E-state index is 12.3. The van der Waals surface area contributed by atoms with Gasteiger partial charge in [-0.1, -0.05) is 11.8 Å². The first kappa shape index (κ1) is 16.8. The molecular formula is C17H21N3O3S. The summed E-state index contributed by atoms with van der Waals surface area (Å²) in [5.74, 6) is 1.17. The summed E-state index contributed by atoms with van der Waals surface area (Å²) in [6.45, 7) is 5.07. The Balaban J connectivity index is 1.62. The van der Waals surface area contributed by atoms with Gasteiger partial charge >= 0.3 is 0 Å². The lowest BCUT2D eigenvalue weighted by Gasteiger charge is -2.17. The SMILES string of the molecule is CC(C)Oc1ccc(N2C[C@@H](C(=O)NC3=NCCS3)CC2=O)cc1. The topological polar surface area (TPSA) is 71.0 Å². The van der Waals surface area contributed by atoms with Crippen molar-refractivity contribution in [1.82, 2.24) is 5.32 Å². The summed E-state index contributed by atoms with van der Waals surface area (Å²) in [6.07, 6.45) is 0.335. The molecule has 1 aromatic rings. The van der Waals surface area contributed by atoms with Crippen molar-refractivity contribution < 1.29 is 14.3 Å². The third-order valence-corrected chi connectivity index (χ3v) is 4.72. The molecule has 0 aromatic heterocycles. The van der Waals surface area contributed by atoms with E-state index < -0.39 is 0 Å². The second-order valence-corrected chi connectivity index (χ2v) is 7.17. The number of nitrogens with one attached hydrogen (secondary N) is 1. The van der Waals surface area contributed by atoms with Crippen LogP contribution >= 0.6 is 11.8 Å². The highest BCUT2D eigenvalue weighted by molar-refractivity contribution is 8.14. The first-order valence-electron chi connectivity index (χ1n) is 8.08. The quantitative estimate of drug-likeness (QED) is 0.905. The first-order chi connectivity index (χ1) is 11.5. The van der Waals surface area contributed by atoms with Crippen molar-refractivity contribution in [3.63, 3.8) is 0 Å². The van der Waals surface area contributed by atoms with E-state index in [-0.39, 0.29) is 30.3 Å². The zero-order valence-corrected chi connectivity index (χ0v) is 14.6. The van der Waals surface area contributed by atoms with Gasteiger partial charge in [0.1, 0.15) is 5.75 Å². The average Bonchev–Trinajstić information content (AvgIpc) is 3.17. The average molecular weight is 347 g/mol. The number of amides is 2. The summed E-state index contributed by atoms with van der Waals surface area (Å²) in [4.78, 5) is 30.4. The van der Waals surface area contributed by atoms with Gasteiger partial charge < -0.3 is 15.0 Å². The fourth-order valence-corrected chi connectivity index (χ4v) is 3.46. The Morgan fingerprint density at radius 3 is 2.75 bits per heavy atom.